The van der Waals surface area contributed by atoms with Crippen LogP contribution in [0.2, 0.25) is 0 Å². The number of Topliss-reactive ketones (excluding diaryl/α,β-unsaturated/α-hetero) is 2. The van der Waals surface area contributed by atoms with Crippen LogP contribution in [0.4, 0.5) is 0 Å². The fourth-order valence-corrected chi connectivity index (χ4v) is 7.21. The van der Waals surface area contributed by atoms with E-state index < -0.39 is 90.9 Å². The summed E-state index contributed by atoms with van der Waals surface area (Å²) >= 11 is 0. The summed E-state index contributed by atoms with van der Waals surface area (Å²) in [6.07, 6.45) is -1.92. The summed E-state index contributed by atoms with van der Waals surface area (Å²) in [4.78, 5) is 51.9. The van der Waals surface area contributed by atoms with Crippen LogP contribution in [0.1, 0.15) is 49.4 Å². The van der Waals surface area contributed by atoms with Gasteiger partial charge in [-0.1, -0.05) is 26.0 Å². The molecule has 0 aliphatic heterocycles. The second-order valence-corrected chi connectivity index (χ2v) is 12.4. The van der Waals surface area contributed by atoms with Crippen LogP contribution in [0.15, 0.2) is 29.0 Å². The van der Waals surface area contributed by atoms with Gasteiger partial charge in [-0.2, -0.15) is 5.26 Å². The van der Waals surface area contributed by atoms with Crippen molar-refractivity contribution in [3.63, 3.8) is 0 Å². The highest BCUT2D eigenvalue weighted by atomic mass is 16.6. The fraction of sp³-hybridized carbons (Fsp3) is 0.500. The van der Waals surface area contributed by atoms with Crippen molar-refractivity contribution in [3.05, 3.63) is 55.8 Å². The van der Waals surface area contributed by atoms with Gasteiger partial charge in [0.1, 0.15) is 34.5 Å². The number of nitriles is 1. The van der Waals surface area contributed by atoms with Crippen LogP contribution in [-0.4, -0.2) is 91.6 Å². The van der Waals surface area contributed by atoms with Gasteiger partial charge >= 0.3 is 0 Å². The molecule has 0 heterocycles. The minimum absolute atomic E-state index is 0.0304. The highest BCUT2D eigenvalue weighted by Crippen LogP contribution is 2.60. The molecule has 1 aromatic carbocycles. The Morgan fingerprint density at radius 2 is 1.80 bits per heavy atom. The Hall–Kier alpha value is -4.40. The molecule has 16 nitrogen and oxygen atoms in total. The first-order chi connectivity index (χ1) is 20.2. The Balaban J connectivity index is 2.08. The molecule has 4 rings (SSSR count). The molecule has 236 valence electrons. The SMILES string of the molecule is CN(C)[C@@H]1C(=O)C(C(N)=O)=C(O)[C@@]2(C#N)C(=O)C3=C(O)c4c(ccc(C(C)(C)CCC[N+](=O)[O-])c4O)[C@H](N)[C@@]3(N)[C@H](O)[C@@]12N. The highest BCUT2D eigenvalue weighted by molar-refractivity contribution is 6.26. The lowest BCUT2D eigenvalue weighted by Gasteiger charge is -2.62. The molecular formula is C28H35N7O9. The topological polar surface area (TPSA) is 306 Å². The summed E-state index contributed by atoms with van der Waals surface area (Å²) in [7, 11) is 2.62. The Kier molecular flexibility index (Phi) is 7.44. The zero-order chi connectivity index (χ0) is 33.5. The molecule has 1 amide bonds. The van der Waals surface area contributed by atoms with Crippen LogP contribution in [-0.2, 0) is 19.8 Å². The third-order valence-corrected chi connectivity index (χ3v) is 9.43. The molecule has 12 N–H and O–H groups in total. The molecule has 0 spiro atoms. The largest absolute Gasteiger partial charge is 0.509 e. The predicted molar refractivity (Wildman–Crippen MR) is 153 cm³/mol. The Labute approximate surface area is 251 Å². The number of nitro groups is 1. The van der Waals surface area contributed by atoms with Gasteiger partial charge in [-0.25, -0.2) is 0 Å². The van der Waals surface area contributed by atoms with Gasteiger partial charge in [-0.15, -0.1) is 0 Å². The second kappa shape index (κ2) is 10.1. The molecule has 44 heavy (non-hydrogen) atoms. The molecule has 6 atom stereocenters. The first-order valence-electron chi connectivity index (χ1n) is 13.5. The second-order valence-electron chi connectivity index (χ2n) is 12.4. The van der Waals surface area contributed by atoms with Crippen molar-refractivity contribution in [3.8, 4) is 11.8 Å². The number of carbonyl (C=O) groups is 3. The maximum atomic E-state index is 14.5. The first kappa shape index (κ1) is 32.5. The van der Waals surface area contributed by atoms with Crippen LogP contribution in [0.25, 0.3) is 5.76 Å². The van der Waals surface area contributed by atoms with E-state index in [1.54, 1.807) is 19.9 Å². The molecule has 3 aliphatic carbocycles. The number of rotatable bonds is 7. The highest BCUT2D eigenvalue weighted by Gasteiger charge is 2.79. The van der Waals surface area contributed by atoms with E-state index in [0.717, 1.165) is 4.90 Å². The van der Waals surface area contributed by atoms with E-state index in [0.29, 0.717) is 0 Å². The number of benzene rings is 1. The van der Waals surface area contributed by atoms with Crippen molar-refractivity contribution in [2.24, 2.45) is 28.3 Å². The van der Waals surface area contributed by atoms with Gasteiger partial charge in [-0.3, -0.25) is 29.4 Å². The fourth-order valence-electron chi connectivity index (χ4n) is 7.21. The zero-order valence-corrected chi connectivity index (χ0v) is 24.5. The van der Waals surface area contributed by atoms with Crippen molar-refractivity contribution in [1.82, 2.24) is 4.90 Å². The lowest BCUT2D eigenvalue weighted by Crippen LogP contribution is -2.87. The van der Waals surface area contributed by atoms with Crippen LogP contribution in [0.5, 0.6) is 5.75 Å². The summed E-state index contributed by atoms with van der Waals surface area (Å²) in [6, 6.07) is 1.03. The quantitative estimate of drug-likeness (QED) is 0.100. The molecule has 3 aliphatic rings. The molecule has 0 saturated heterocycles. The number of ketones is 2. The number of aliphatic hydroxyl groups excluding tert-OH is 3. The number of phenolic OH excluding ortho intramolecular Hbond substituents is 1. The normalized spacial score (nSPS) is 31.8. The van der Waals surface area contributed by atoms with Crippen LogP contribution in [0.3, 0.4) is 0 Å². The number of carbonyl (C=O) groups excluding carboxylic acids is 3. The van der Waals surface area contributed by atoms with Gasteiger partial charge in [0.15, 0.2) is 17.0 Å². The number of phenols is 1. The molecule has 0 bridgehead atoms. The van der Waals surface area contributed by atoms with E-state index >= 15 is 0 Å². The Bertz CT molecular complexity index is 1630. The number of likely N-dealkylation sites (N-methyl/N-ethyl adjacent to an activating group) is 1. The van der Waals surface area contributed by atoms with Crippen LogP contribution in [0, 0.1) is 26.9 Å². The van der Waals surface area contributed by atoms with E-state index in [9.17, 15) is 50.2 Å². The Morgan fingerprint density at radius 3 is 2.30 bits per heavy atom. The average molecular weight is 614 g/mol. The molecular weight excluding hydrogens is 578 g/mol. The maximum absolute atomic E-state index is 14.5. The number of aromatic hydroxyl groups is 1. The number of hydrogen-bond acceptors (Lipinski definition) is 14. The van der Waals surface area contributed by atoms with E-state index in [1.165, 1.54) is 26.2 Å². The molecule has 1 aromatic rings. The smallest absolute Gasteiger partial charge is 0.255 e. The van der Waals surface area contributed by atoms with Gasteiger partial charge in [0, 0.05) is 16.9 Å². The third-order valence-electron chi connectivity index (χ3n) is 9.43. The van der Waals surface area contributed by atoms with E-state index in [2.05, 4.69) is 0 Å². The molecule has 0 radical (unpaired) electrons. The van der Waals surface area contributed by atoms with Crippen molar-refractivity contribution in [1.29, 1.82) is 5.26 Å². The van der Waals surface area contributed by atoms with Crippen LogP contribution < -0.4 is 22.9 Å². The van der Waals surface area contributed by atoms with Gasteiger partial charge < -0.3 is 43.4 Å². The minimum atomic E-state index is -3.09. The summed E-state index contributed by atoms with van der Waals surface area (Å²) in [5.74, 6) is -7.10. The monoisotopic (exact) mass is 613 g/mol. The molecule has 1 saturated carbocycles. The number of fused-ring (bicyclic) bond motifs is 3. The van der Waals surface area contributed by atoms with Crippen molar-refractivity contribution in [2.45, 2.75) is 61.4 Å². The first-order valence-corrected chi connectivity index (χ1v) is 13.5. The molecule has 0 aromatic heterocycles. The zero-order valence-electron chi connectivity index (χ0n) is 24.5. The Morgan fingerprint density at radius 1 is 1.20 bits per heavy atom. The van der Waals surface area contributed by atoms with Crippen molar-refractivity contribution >= 4 is 23.2 Å². The lowest BCUT2D eigenvalue weighted by atomic mass is 9.45. The number of hydrogen-bond donors (Lipinski definition) is 8. The van der Waals surface area contributed by atoms with Crippen LogP contribution >= 0.6 is 0 Å². The van der Waals surface area contributed by atoms with E-state index in [1.807, 2.05) is 0 Å². The number of amides is 1. The number of nitrogens with zero attached hydrogens (tertiary/aromatic N) is 3. The van der Waals surface area contributed by atoms with E-state index in [4.69, 9.17) is 22.9 Å². The molecule has 0 unspecified atom stereocenters. The minimum Gasteiger partial charge on any atom is -0.509 e. The molecule has 1 fully saturated rings. The summed E-state index contributed by atoms with van der Waals surface area (Å²) in [6.45, 7) is 3.08. The van der Waals surface area contributed by atoms with E-state index in [-0.39, 0.29) is 36.1 Å². The van der Waals surface area contributed by atoms with Gasteiger partial charge in [0.2, 0.25) is 6.54 Å². The summed E-state index contributed by atoms with van der Waals surface area (Å²) in [5, 5.41) is 67.8. The average Bonchev–Trinajstić information content (AvgIpc) is 2.90. The number of aliphatic hydroxyl groups is 3. The number of primary amides is 1. The molecule has 16 heteroatoms. The predicted octanol–water partition coefficient (Wildman–Crippen LogP) is -1.33. The maximum Gasteiger partial charge on any atom is 0.255 e. The standard InChI is InChI=1S/C28H35N7O9/c1-25(2,8-5-9-35(43)44)12-7-6-11-13(16(12)36)17(37)15-22(40)26(10-29)21(39)14(23(31)41)18(38)20(34(3)4)28(26,33)24(42)27(15,32)19(11)30/h6-7,19-20,24,36-37,39,42H,5,8-9,30,32-33H2,1-4H3,(H2,31,41)/t19-,20+,24-,26-,27+,28-/m0/s1. The lowest BCUT2D eigenvalue weighted by molar-refractivity contribution is -0.480. The summed E-state index contributed by atoms with van der Waals surface area (Å²) in [5.41, 5.74) is 14.0. The third kappa shape index (κ3) is 3.77. The van der Waals surface area contributed by atoms with Gasteiger partial charge in [-0.05, 0) is 31.5 Å². The summed E-state index contributed by atoms with van der Waals surface area (Å²) < 4.78 is 0. The van der Waals surface area contributed by atoms with Crippen molar-refractivity contribution in [2.75, 3.05) is 20.6 Å². The number of nitrogens with two attached hydrogens (primary N) is 4. The van der Waals surface area contributed by atoms with Gasteiger partial charge in [0.05, 0.1) is 34.8 Å². The van der Waals surface area contributed by atoms with Crippen molar-refractivity contribution < 1.29 is 39.7 Å². The van der Waals surface area contributed by atoms with Gasteiger partial charge in [0.25, 0.3) is 5.91 Å².